The zero-order valence-corrected chi connectivity index (χ0v) is 14.5. The highest BCUT2D eigenvalue weighted by molar-refractivity contribution is 14.1. The van der Waals surface area contributed by atoms with Crippen molar-refractivity contribution in [3.05, 3.63) is 63.6 Å². The Morgan fingerprint density at radius 3 is 2.68 bits per heavy atom. The molecule has 22 heavy (non-hydrogen) atoms. The molecule has 0 saturated carbocycles. The van der Waals surface area contributed by atoms with Gasteiger partial charge in [-0.3, -0.25) is 4.79 Å². The first-order valence-corrected chi connectivity index (χ1v) is 8.02. The molecule has 1 heterocycles. The number of carbonyl (C=O) groups excluding carboxylic acids is 1. The van der Waals surface area contributed by atoms with Crippen LogP contribution in [0.1, 0.15) is 11.3 Å². The Morgan fingerprint density at radius 2 is 2.05 bits per heavy atom. The van der Waals surface area contributed by atoms with E-state index in [1.807, 2.05) is 42.5 Å². The minimum Gasteiger partial charge on any atom is -0.451 e. The molecule has 0 radical (unpaired) electrons. The first-order valence-electron chi connectivity index (χ1n) is 6.94. The molecule has 5 heteroatoms. The first-order chi connectivity index (χ1) is 10.7. The first kappa shape index (κ1) is 16.8. The molecule has 0 aliphatic carbocycles. The Bertz CT molecular complexity index is 622. The van der Waals surface area contributed by atoms with Crippen molar-refractivity contribution in [2.45, 2.75) is 6.54 Å². The summed E-state index contributed by atoms with van der Waals surface area (Å²) in [6.07, 6.45) is 3.23. The van der Waals surface area contributed by atoms with Crippen LogP contribution in [0.4, 0.5) is 0 Å². The van der Waals surface area contributed by atoms with E-state index in [0.29, 0.717) is 25.5 Å². The summed E-state index contributed by atoms with van der Waals surface area (Å²) in [6.45, 7) is 1.61. The summed E-state index contributed by atoms with van der Waals surface area (Å²) in [5, 5.41) is 0. The van der Waals surface area contributed by atoms with Crippen LogP contribution in [0.2, 0.25) is 0 Å². The molecular formula is C17H18INO3. The molecule has 1 aromatic carbocycles. The Balaban J connectivity index is 2.03. The van der Waals surface area contributed by atoms with Gasteiger partial charge in [0.1, 0.15) is 5.76 Å². The van der Waals surface area contributed by atoms with Crippen LogP contribution in [0.5, 0.6) is 0 Å². The highest BCUT2D eigenvalue weighted by atomic mass is 127. The van der Waals surface area contributed by atoms with Gasteiger partial charge in [0.2, 0.25) is 5.91 Å². The number of ether oxygens (including phenoxy) is 1. The van der Waals surface area contributed by atoms with E-state index in [1.165, 1.54) is 6.08 Å². The number of furan rings is 1. The lowest BCUT2D eigenvalue weighted by Crippen LogP contribution is -2.32. The fourth-order valence-electron chi connectivity index (χ4n) is 1.95. The SMILES string of the molecule is COCCN(Cc1ccccc1)C(=O)/C=C/c1ccc(I)o1. The molecule has 116 valence electrons. The normalized spacial score (nSPS) is 11.0. The van der Waals surface area contributed by atoms with Crippen LogP contribution in [-0.4, -0.2) is 31.1 Å². The third-order valence-electron chi connectivity index (χ3n) is 3.08. The summed E-state index contributed by atoms with van der Waals surface area (Å²) in [6, 6.07) is 13.6. The average Bonchev–Trinajstić information content (AvgIpc) is 2.95. The predicted molar refractivity (Wildman–Crippen MR) is 94.2 cm³/mol. The van der Waals surface area contributed by atoms with Gasteiger partial charge in [-0.05, 0) is 46.4 Å². The van der Waals surface area contributed by atoms with Crippen molar-refractivity contribution in [2.75, 3.05) is 20.3 Å². The number of amides is 1. The van der Waals surface area contributed by atoms with Crippen molar-refractivity contribution in [1.29, 1.82) is 0 Å². The molecule has 0 unspecified atom stereocenters. The third kappa shape index (κ3) is 5.31. The number of hydrogen-bond donors (Lipinski definition) is 0. The quantitative estimate of drug-likeness (QED) is 0.517. The highest BCUT2D eigenvalue weighted by Gasteiger charge is 2.11. The van der Waals surface area contributed by atoms with E-state index < -0.39 is 0 Å². The number of benzene rings is 1. The number of hydrogen-bond acceptors (Lipinski definition) is 3. The lowest BCUT2D eigenvalue weighted by atomic mass is 10.2. The fourth-order valence-corrected chi connectivity index (χ4v) is 2.38. The molecule has 0 saturated heterocycles. The number of methoxy groups -OCH3 is 1. The van der Waals surface area contributed by atoms with Crippen molar-refractivity contribution < 1.29 is 13.9 Å². The second-order valence-electron chi connectivity index (χ2n) is 4.71. The van der Waals surface area contributed by atoms with E-state index in [0.717, 1.165) is 9.33 Å². The van der Waals surface area contributed by atoms with E-state index in [9.17, 15) is 4.79 Å². The van der Waals surface area contributed by atoms with Crippen LogP contribution >= 0.6 is 22.6 Å². The molecule has 1 amide bonds. The Morgan fingerprint density at radius 1 is 1.27 bits per heavy atom. The van der Waals surface area contributed by atoms with E-state index in [4.69, 9.17) is 9.15 Å². The van der Waals surface area contributed by atoms with Crippen LogP contribution < -0.4 is 0 Å². The van der Waals surface area contributed by atoms with Crippen LogP contribution in [-0.2, 0) is 16.1 Å². The summed E-state index contributed by atoms with van der Waals surface area (Å²) < 4.78 is 11.3. The Kier molecular flexibility index (Phi) is 6.67. The zero-order valence-electron chi connectivity index (χ0n) is 12.4. The smallest absolute Gasteiger partial charge is 0.247 e. The van der Waals surface area contributed by atoms with Crippen LogP contribution in [0.3, 0.4) is 0 Å². The molecule has 4 nitrogen and oxygen atoms in total. The van der Waals surface area contributed by atoms with Crippen LogP contribution in [0, 0.1) is 3.77 Å². The van der Waals surface area contributed by atoms with Gasteiger partial charge < -0.3 is 14.1 Å². The standard InChI is InChI=1S/C17H18INO3/c1-21-12-11-19(13-14-5-3-2-4-6-14)17(20)10-8-15-7-9-16(18)22-15/h2-10H,11-13H2,1H3/b10-8+. The topological polar surface area (TPSA) is 42.7 Å². The number of rotatable bonds is 7. The van der Waals surface area contributed by atoms with Crippen molar-refractivity contribution in [3.63, 3.8) is 0 Å². The maximum absolute atomic E-state index is 12.4. The molecule has 0 aliphatic heterocycles. The largest absolute Gasteiger partial charge is 0.451 e. The van der Waals surface area contributed by atoms with Crippen molar-refractivity contribution >= 4 is 34.6 Å². The van der Waals surface area contributed by atoms with Gasteiger partial charge in [0, 0.05) is 26.3 Å². The van der Waals surface area contributed by atoms with Crippen LogP contribution in [0.25, 0.3) is 6.08 Å². The van der Waals surface area contributed by atoms with Gasteiger partial charge in [0.05, 0.1) is 6.61 Å². The molecule has 0 aliphatic rings. The van der Waals surface area contributed by atoms with E-state index in [1.54, 1.807) is 18.1 Å². The number of halogens is 1. The minimum atomic E-state index is -0.0627. The Labute approximate surface area is 143 Å². The summed E-state index contributed by atoms with van der Waals surface area (Å²) in [4.78, 5) is 14.1. The molecule has 0 N–H and O–H groups in total. The summed E-state index contributed by atoms with van der Waals surface area (Å²) >= 11 is 2.09. The molecule has 0 bridgehead atoms. The van der Waals surface area contributed by atoms with Crippen LogP contribution in [0.15, 0.2) is 53.0 Å². The van der Waals surface area contributed by atoms with Gasteiger partial charge in [0.25, 0.3) is 0 Å². The van der Waals surface area contributed by atoms with Crippen molar-refractivity contribution in [3.8, 4) is 0 Å². The Hall–Kier alpha value is -1.60. The number of nitrogens with zero attached hydrogens (tertiary/aromatic N) is 1. The number of carbonyl (C=O) groups is 1. The molecule has 0 atom stereocenters. The summed E-state index contributed by atoms with van der Waals surface area (Å²) in [5.41, 5.74) is 1.09. The molecule has 2 aromatic rings. The lowest BCUT2D eigenvalue weighted by molar-refractivity contribution is -0.127. The second-order valence-corrected chi connectivity index (χ2v) is 5.78. The summed E-state index contributed by atoms with van der Waals surface area (Å²) in [5.74, 6) is 0.608. The van der Waals surface area contributed by atoms with Gasteiger partial charge >= 0.3 is 0 Å². The maximum Gasteiger partial charge on any atom is 0.247 e. The molecular weight excluding hydrogens is 393 g/mol. The molecule has 1 aromatic heterocycles. The monoisotopic (exact) mass is 411 g/mol. The minimum absolute atomic E-state index is 0.0627. The van der Waals surface area contributed by atoms with Crippen molar-refractivity contribution in [2.24, 2.45) is 0 Å². The average molecular weight is 411 g/mol. The highest BCUT2D eigenvalue weighted by Crippen LogP contribution is 2.12. The van der Waals surface area contributed by atoms with Gasteiger partial charge in [-0.2, -0.15) is 0 Å². The zero-order chi connectivity index (χ0) is 15.8. The fraction of sp³-hybridized carbons (Fsp3) is 0.235. The lowest BCUT2D eigenvalue weighted by Gasteiger charge is -2.21. The summed E-state index contributed by atoms with van der Waals surface area (Å²) in [7, 11) is 1.63. The predicted octanol–water partition coefficient (Wildman–Crippen LogP) is 3.57. The second kappa shape index (κ2) is 8.75. The van der Waals surface area contributed by atoms with Gasteiger partial charge in [-0.25, -0.2) is 0 Å². The van der Waals surface area contributed by atoms with Gasteiger partial charge in [-0.15, -0.1) is 0 Å². The van der Waals surface area contributed by atoms with E-state index >= 15 is 0 Å². The van der Waals surface area contributed by atoms with Gasteiger partial charge in [-0.1, -0.05) is 30.3 Å². The third-order valence-corrected chi connectivity index (χ3v) is 3.66. The molecule has 0 fully saturated rings. The molecule has 0 spiro atoms. The molecule has 2 rings (SSSR count). The van der Waals surface area contributed by atoms with Crippen molar-refractivity contribution in [1.82, 2.24) is 4.90 Å². The maximum atomic E-state index is 12.4. The van der Waals surface area contributed by atoms with E-state index in [-0.39, 0.29) is 5.91 Å². The van der Waals surface area contributed by atoms with Gasteiger partial charge in [0.15, 0.2) is 3.77 Å². The van der Waals surface area contributed by atoms with E-state index in [2.05, 4.69) is 22.6 Å².